The smallest absolute Gasteiger partial charge is 0.321 e. The molecule has 0 radical (unpaired) electrons. The molecule has 156 valence electrons. The van der Waals surface area contributed by atoms with Crippen LogP contribution in [0.5, 0.6) is 0 Å². The van der Waals surface area contributed by atoms with Crippen LogP contribution in [0.1, 0.15) is 45.2 Å². The number of benzene rings is 2. The molecule has 2 aromatic rings. The van der Waals surface area contributed by atoms with E-state index in [2.05, 4.69) is 11.8 Å². The molecule has 0 spiro atoms. The lowest BCUT2D eigenvalue weighted by molar-refractivity contribution is -0.124. The molecule has 1 saturated heterocycles. The van der Waals surface area contributed by atoms with Gasteiger partial charge in [0.05, 0.1) is 12.0 Å². The molecule has 1 aliphatic heterocycles. The highest BCUT2D eigenvalue weighted by Crippen LogP contribution is 2.42. The summed E-state index contributed by atoms with van der Waals surface area (Å²) in [4.78, 5) is 27.8. The largest absolute Gasteiger partial charge is 0.331 e. The van der Waals surface area contributed by atoms with Crippen molar-refractivity contribution in [3.8, 4) is 11.8 Å². The second-order valence-corrected chi connectivity index (χ2v) is 8.68. The van der Waals surface area contributed by atoms with E-state index >= 15 is 0 Å². The number of nitrogens with zero attached hydrogens (tertiary/aromatic N) is 2. The van der Waals surface area contributed by atoms with Gasteiger partial charge in [-0.25, -0.2) is 18.5 Å². The van der Waals surface area contributed by atoms with Crippen LogP contribution in [-0.2, 0) is 4.79 Å². The topological polar surface area (TPSA) is 40.6 Å². The van der Waals surface area contributed by atoms with Crippen LogP contribution in [0, 0.1) is 28.9 Å². The van der Waals surface area contributed by atoms with E-state index < -0.39 is 40.2 Å². The van der Waals surface area contributed by atoms with Crippen molar-refractivity contribution in [2.45, 2.75) is 39.7 Å². The maximum absolute atomic E-state index is 14.8. The molecular formula is C24H24F2N2O2. The van der Waals surface area contributed by atoms with Gasteiger partial charge in [0, 0.05) is 18.2 Å². The summed E-state index contributed by atoms with van der Waals surface area (Å²) >= 11 is 0. The molecule has 0 saturated carbocycles. The van der Waals surface area contributed by atoms with Gasteiger partial charge in [0.1, 0.15) is 5.69 Å². The van der Waals surface area contributed by atoms with E-state index in [1.807, 2.05) is 39.0 Å². The van der Waals surface area contributed by atoms with Gasteiger partial charge in [-0.2, -0.15) is 0 Å². The normalized spacial score (nSPS) is 19.6. The molecular weight excluding hydrogens is 386 g/mol. The fourth-order valence-electron chi connectivity index (χ4n) is 3.47. The third kappa shape index (κ3) is 3.68. The Bertz CT molecular complexity index is 1040. The van der Waals surface area contributed by atoms with Gasteiger partial charge < -0.3 is 4.90 Å². The highest BCUT2D eigenvalue weighted by atomic mass is 19.1. The molecule has 4 nitrogen and oxygen atoms in total. The van der Waals surface area contributed by atoms with E-state index in [-0.39, 0.29) is 12.0 Å². The second kappa shape index (κ2) is 7.56. The summed E-state index contributed by atoms with van der Waals surface area (Å²) in [5.41, 5.74) is -1.05. The van der Waals surface area contributed by atoms with Gasteiger partial charge in [0.2, 0.25) is 5.91 Å². The zero-order valence-corrected chi connectivity index (χ0v) is 17.7. The fourth-order valence-corrected chi connectivity index (χ4v) is 3.47. The predicted octanol–water partition coefficient (Wildman–Crippen LogP) is 4.96. The molecule has 1 heterocycles. The van der Waals surface area contributed by atoms with Gasteiger partial charge in [-0.05, 0) is 36.6 Å². The molecule has 3 amide bonds. The molecule has 1 aliphatic rings. The molecule has 0 aromatic heterocycles. The van der Waals surface area contributed by atoms with Crippen molar-refractivity contribution >= 4 is 17.6 Å². The molecule has 1 atom stereocenters. The minimum Gasteiger partial charge on any atom is -0.321 e. The van der Waals surface area contributed by atoms with Crippen molar-refractivity contribution in [3.05, 3.63) is 65.2 Å². The summed E-state index contributed by atoms with van der Waals surface area (Å²) in [6.07, 6.45) is -0.0484. The number of hydrogen-bond donors (Lipinski definition) is 0. The summed E-state index contributed by atoms with van der Waals surface area (Å²) in [6, 6.07) is 10.3. The Morgan fingerprint density at radius 1 is 0.967 bits per heavy atom. The minimum absolute atomic E-state index is 0.0484. The first kappa shape index (κ1) is 21.5. The fraction of sp³-hybridized carbons (Fsp3) is 0.333. The monoisotopic (exact) mass is 410 g/mol. The van der Waals surface area contributed by atoms with E-state index in [0.717, 1.165) is 12.1 Å². The maximum Gasteiger partial charge on any atom is 0.331 e. The third-order valence-electron chi connectivity index (χ3n) is 5.94. The molecule has 0 bridgehead atoms. The van der Waals surface area contributed by atoms with Crippen LogP contribution in [-0.4, -0.2) is 29.4 Å². The van der Waals surface area contributed by atoms with Crippen LogP contribution in [0.25, 0.3) is 0 Å². The van der Waals surface area contributed by atoms with Crippen LogP contribution in [0.4, 0.5) is 19.3 Å². The number of urea groups is 1. The number of hydrogen-bond acceptors (Lipinski definition) is 2. The standard InChI is InChI=1S/C24H24F2N2O2/c1-23(2,3)24(4)15-20(29)28(22(30)27(24)5)21-18(25)13-17(14-19(21)26)12-11-16-9-7-6-8-10-16/h6-10,13-14H,15H2,1-5H3. The highest BCUT2D eigenvalue weighted by Gasteiger charge is 2.52. The van der Waals surface area contributed by atoms with Crippen LogP contribution in [0.3, 0.4) is 0 Å². The molecule has 3 rings (SSSR count). The lowest BCUT2D eigenvalue weighted by Gasteiger charge is -2.52. The van der Waals surface area contributed by atoms with E-state index in [1.54, 1.807) is 26.1 Å². The van der Waals surface area contributed by atoms with Crippen molar-refractivity contribution in [2.24, 2.45) is 5.41 Å². The van der Waals surface area contributed by atoms with E-state index in [4.69, 9.17) is 0 Å². The van der Waals surface area contributed by atoms with Crippen LogP contribution in [0.15, 0.2) is 42.5 Å². The van der Waals surface area contributed by atoms with Crippen molar-refractivity contribution in [1.29, 1.82) is 0 Å². The number of halogens is 2. The van der Waals surface area contributed by atoms with Crippen LogP contribution >= 0.6 is 0 Å². The van der Waals surface area contributed by atoms with E-state index in [1.165, 1.54) is 4.90 Å². The number of amides is 3. The molecule has 6 heteroatoms. The molecule has 2 aromatic carbocycles. The summed E-state index contributed by atoms with van der Waals surface area (Å²) in [6.45, 7) is 7.55. The van der Waals surface area contributed by atoms with Gasteiger partial charge in [-0.3, -0.25) is 4.79 Å². The molecule has 0 aliphatic carbocycles. The zero-order valence-electron chi connectivity index (χ0n) is 17.7. The number of anilines is 1. The summed E-state index contributed by atoms with van der Waals surface area (Å²) < 4.78 is 29.7. The van der Waals surface area contributed by atoms with Crippen LogP contribution in [0.2, 0.25) is 0 Å². The second-order valence-electron chi connectivity index (χ2n) is 8.68. The Hall–Kier alpha value is -3.20. The van der Waals surface area contributed by atoms with Gasteiger partial charge in [0.15, 0.2) is 11.6 Å². The molecule has 1 unspecified atom stereocenters. The SMILES string of the molecule is CN1C(=O)N(c2c(F)cc(C#Cc3ccccc3)cc2F)C(=O)CC1(C)C(C)(C)C. The minimum atomic E-state index is -1.01. The Morgan fingerprint density at radius 2 is 1.50 bits per heavy atom. The number of imide groups is 1. The van der Waals surface area contributed by atoms with Crippen molar-refractivity contribution in [1.82, 2.24) is 4.90 Å². The highest BCUT2D eigenvalue weighted by molar-refractivity contribution is 6.16. The van der Waals surface area contributed by atoms with Crippen molar-refractivity contribution in [2.75, 3.05) is 11.9 Å². The summed E-state index contributed by atoms with van der Waals surface area (Å²) in [7, 11) is 1.54. The molecule has 30 heavy (non-hydrogen) atoms. The Kier molecular flexibility index (Phi) is 5.42. The lowest BCUT2D eigenvalue weighted by atomic mass is 9.70. The van der Waals surface area contributed by atoms with E-state index in [9.17, 15) is 18.4 Å². The molecule has 1 fully saturated rings. The average Bonchev–Trinajstić information content (AvgIpc) is 2.66. The summed E-state index contributed by atoms with van der Waals surface area (Å²) in [5, 5.41) is 0. The Balaban J connectivity index is 1.98. The number of carbonyl (C=O) groups excluding carboxylic acids is 2. The van der Waals surface area contributed by atoms with Crippen LogP contribution < -0.4 is 4.90 Å². The first-order valence-electron chi connectivity index (χ1n) is 9.62. The average molecular weight is 410 g/mol. The zero-order chi connectivity index (χ0) is 22.3. The third-order valence-corrected chi connectivity index (χ3v) is 5.94. The van der Waals surface area contributed by atoms with Gasteiger partial charge in [-0.1, -0.05) is 50.8 Å². The van der Waals surface area contributed by atoms with Gasteiger partial charge in [-0.15, -0.1) is 0 Å². The summed E-state index contributed by atoms with van der Waals surface area (Å²) in [5.74, 6) is 2.87. The van der Waals surface area contributed by atoms with Gasteiger partial charge >= 0.3 is 6.03 Å². The van der Waals surface area contributed by atoms with Gasteiger partial charge in [0.25, 0.3) is 0 Å². The predicted molar refractivity (Wildman–Crippen MR) is 112 cm³/mol. The Labute approximate surface area is 175 Å². The quantitative estimate of drug-likeness (QED) is 0.624. The number of rotatable bonds is 1. The first-order valence-corrected chi connectivity index (χ1v) is 9.62. The maximum atomic E-state index is 14.8. The van der Waals surface area contributed by atoms with Crippen molar-refractivity contribution < 1.29 is 18.4 Å². The lowest BCUT2D eigenvalue weighted by Crippen LogP contribution is -2.66. The van der Waals surface area contributed by atoms with Crippen molar-refractivity contribution in [3.63, 3.8) is 0 Å². The first-order chi connectivity index (χ1) is 14.0. The molecule has 0 N–H and O–H groups in total. The number of carbonyl (C=O) groups is 2. The van der Waals surface area contributed by atoms with E-state index in [0.29, 0.717) is 10.5 Å². The Morgan fingerprint density at radius 3 is 2.03 bits per heavy atom.